The van der Waals surface area contributed by atoms with Crippen LogP contribution in [0.15, 0.2) is 54.6 Å². The largest absolute Gasteiger partial charge is 0.311 e. The van der Waals surface area contributed by atoms with Crippen molar-refractivity contribution in [3.8, 4) is 0 Å². The molecule has 2 aromatic rings. The van der Waals surface area contributed by atoms with Crippen LogP contribution in [0.4, 0.5) is 5.69 Å². The van der Waals surface area contributed by atoms with Gasteiger partial charge in [0, 0.05) is 25.2 Å². The Bertz CT molecular complexity index is 751. The topological polar surface area (TPSA) is 57.7 Å². The molecule has 0 saturated carbocycles. The number of nitrogens with zero attached hydrogens (tertiary/aromatic N) is 2. The summed E-state index contributed by atoms with van der Waals surface area (Å²) in [6.07, 6.45) is 0.358. The Morgan fingerprint density at radius 2 is 1.46 bits per heavy atom. The first-order chi connectivity index (χ1) is 11.6. The standard InChI is InChI=1S/C19H18N2O3/c1-2-17(22)20(14-8-4-3-5-9-14)12-13-21-18(23)15-10-6-7-11-16(15)19(21)24/h3-11H,2,12-13H2,1H3. The Labute approximate surface area is 140 Å². The third-order valence-electron chi connectivity index (χ3n) is 4.10. The lowest BCUT2D eigenvalue weighted by Gasteiger charge is -2.24. The van der Waals surface area contributed by atoms with Crippen LogP contribution in [-0.4, -0.2) is 35.7 Å². The highest BCUT2D eigenvalue weighted by Gasteiger charge is 2.35. The molecule has 0 aromatic heterocycles. The number of imide groups is 1. The molecule has 5 nitrogen and oxygen atoms in total. The molecule has 0 fully saturated rings. The smallest absolute Gasteiger partial charge is 0.261 e. The number of hydrogen-bond acceptors (Lipinski definition) is 3. The van der Waals surface area contributed by atoms with Gasteiger partial charge in [0.15, 0.2) is 0 Å². The summed E-state index contributed by atoms with van der Waals surface area (Å²) in [7, 11) is 0. The average Bonchev–Trinajstić information content (AvgIpc) is 2.87. The van der Waals surface area contributed by atoms with Crippen LogP contribution in [0.5, 0.6) is 0 Å². The summed E-state index contributed by atoms with van der Waals surface area (Å²) < 4.78 is 0. The van der Waals surface area contributed by atoms with Gasteiger partial charge < -0.3 is 4.90 Å². The Morgan fingerprint density at radius 1 is 0.917 bits per heavy atom. The SMILES string of the molecule is CCC(=O)N(CCN1C(=O)c2ccccc2C1=O)c1ccccc1. The van der Waals surface area contributed by atoms with E-state index in [1.807, 2.05) is 30.3 Å². The van der Waals surface area contributed by atoms with E-state index in [9.17, 15) is 14.4 Å². The lowest BCUT2D eigenvalue weighted by Crippen LogP contribution is -2.40. The zero-order valence-electron chi connectivity index (χ0n) is 13.4. The summed E-state index contributed by atoms with van der Waals surface area (Å²) in [5.41, 5.74) is 1.62. The molecule has 0 bridgehead atoms. The fourth-order valence-corrected chi connectivity index (χ4v) is 2.84. The Balaban J connectivity index is 1.78. The molecular weight excluding hydrogens is 304 g/mol. The molecule has 0 spiro atoms. The highest BCUT2D eigenvalue weighted by molar-refractivity contribution is 6.21. The van der Waals surface area contributed by atoms with Crippen LogP contribution in [0.1, 0.15) is 34.1 Å². The van der Waals surface area contributed by atoms with Crippen molar-refractivity contribution in [3.63, 3.8) is 0 Å². The molecule has 3 amide bonds. The van der Waals surface area contributed by atoms with E-state index in [0.717, 1.165) is 5.69 Å². The minimum absolute atomic E-state index is 0.0437. The summed E-state index contributed by atoms with van der Waals surface area (Å²) in [4.78, 5) is 39.9. The first kappa shape index (κ1) is 15.9. The van der Waals surface area contributed by atoms with Gasteiger partial charge in [0.2, 0.25) is 5.91 Å². The Kier molecular flexibility index (Phi) is 4.42. The third kappa shape index (κ3) is 2.80. The second-order valence-corrected chi connectivity index (χ2v) is 5.54. The van der Waals surface area contributed by atoms with Gasteiger partial charge >= 0.3 is 0 Å². The molecule has 2 aromatic carbocycles. The van der Waals surface area contributed by atoms with Crippen LogP contribution < -0.4 is 4.90 Å². The lowest BCUT2D eigenvalue weighted by molar-refractivity contribution is -0.118. The predicted molar refractivity (Wildman–Crippen MR) is 90.9 cm³/mol. The number of hydrogen-bond donors (Lipinski definition) is 0. The highest BCUT2D eigenvalue weighted by atomic mass is 16.2. The fraction of sp³-hybridized carbons (Fsp3) is 0.211. The number of carbonyl (C=O) groups is 3. The first-order valence-corrected chi connectivity index (χ1v) is 7.94. The average molecular weight is 322 g/mol. The van der Waals surface area contributed by atoms with Crippen molar-refractivity contribution in [3.05, 3.63) is 65.7 Å². The van der Waals surface area contributed by atoms with E-state index >= 15 is 0 Å². The van der Waals surface area contributed by atoms with Crippen LogP contribution in [0.3, 0.4) is 0 Å². The van der Waals surface area contributed by atoms with Gasteiger partial charge in [0.05, 0.1) is 11.1 Å². The van der Waals surface area contributed by atoms with Crippen molar-refractivity contribution in [2.24, 2.45) is 0 Å². The lowest BCUT2D eigenvalue weighted by atomic mass is 10.1. The van der Waals surface area contributed by atoms with Crippen LogP contribution >= 0.6 is 0 Å². The normalized spacial score (nSPS) is 13.1. The van der Waals surface area contributed by atoms with E-state index in [4.69, 9.17) is 0 Å². The third-order valence-corrected chi connectivity index (χ3v) is 4.10. The van der Waals surface area contributed by atoms with Gasteiger partial charge in [-0.25, -0.2) is 0 Å². The molecule has 5 heteroatoms. The van der Waals surface area contributed by atoms with Gasteiger partial charge in [-0.1, -0.05) is 37.3 Å². The van der Waals surface area contributed by atoms with Crippen LogP contribution in [0.25, 0.3) is 0 Å². The number of carbonyl (C=O) groups excluding carboxylic acids is 3. The number of fused-ring (bicyclic) bond motifs is 1. The van der Waals surface area contributed by atoms with Crippen LogP contribution in [0.2, 0.25) is 0 Å². The molecule has 24 heavy (non-hydrogen) atoms. The van der Waals surface area contributed by atoms with Gasteiger partial charge in [0.25, 0.3) is 11.8 Å². The second-order valence-electron chi connectivity index (χ2n) is 5.54. The summed E-state index contributed by atoms with van der Waals surface area (Å²) in [6.45, 7) is 2.25. The minimum Gasteiger partial charge on any atom is -0.311 e. The fourth-order valence-electron chi connectivity index (χ4n) is 2.84. The van der Waals surface area contributed by atoms with Gasteiger partial charge in [-0.05, 0) is 24.3 Å². The van der Waals surface area contributed by atoms with Crippen molar-refractivity contribution < 1.29 is 14.4 Å². The number of rotatable bonds is 5. The number of anilines is 1. The van der Waals surface area contributed by atoms with Crippen LogP contribution in [-0.2, 0) is 4.79 Å². The zero-order valence-corrected chi connectivity index (χ0v) is 13.4. The summed E-state index contributed by atoms with van der Waals surface area (Å²) >= 11 is 0. The van der Waals surface area contributed by atoms with E-state index < -0.39 is 0 Å². The van der Waals surface area contributed by atoms with Crippen LogP contribution in [0, 0.1) is 0 Å². The summed E-state index contributed by atoms with van der Waals surface area (Å²) in [6, 6.07) is 16.1. The van der Waals surface area contributed by atoms with Crippen molar-refractivity contribution in [2.75, 3.05) is 18.0 Å². The van der Waals surface area contributed by atoms with E-state index in [1.165, 1.54) is 4.90 Å². The van der Waals surface area contributed by atoms with Gasteiger partial charge in [-0.3, -0.25) is 19.3 Å². The van der Waals surface area contributed by atoms with E-state index in [-0.39, 0.29) is 30.8 Å². The van der Waals surface area contributed by atoms with Gasteiger partial charge in [0.1, 0.15) is 0 Å². The molecule has 0 aliphatic carbocycles. The number of para-hydroxylation sites is 1. The molecule has 3 rings (SSSR count). The summed E-state index contributed by atoms with van der Waals surface area (Å²) in [5.74, 6) is -0.641. The monoisotopic (exact) mass is 322 g/mol. The molecule has 122 valence electrons. The molecule has 0 N–H and O–H groups in total. The van der Waals surface area contributed by atoms with E-state index in [0.29, 0.717) is 17.5 Å². The van der Waals surface area contributed by atoms with Crippen molar-refractivity contribution in [2.45, 2.75) is 13.3 Å². The molecule has 0 atom stereocenters. The second kappa shape index (κ2) is 6.66. The molecule has 0 radical (unpaired) electrons. The maximum Gasteiger partial charge on any atom is 0.261 e. The predicted octanol–water partition coefficient (Wildman–Crippen LogP) is 2.73. The van der Waals surface area contributed by atoms with Crippen molar-refractivity contribution in [1.82, 2.24) is 4.90 Å². The maximum atomic E-state index is 12.4. The van der Waals surface area contributed by atoms with Gasteiger partial charge in [-0.15, -0.1) is 0 Å². The maximum absolute atomic E-state index is 12.4. The molecule has 1 heterocycles. The highest BCUT2D eigenvalue weighted by Crippen LogP contribution is 2.23. The molecule has 0 unspecified atom stereocenters. The molecule has 0 saturated heterocycles. The van der Waals surface area contributed by atoms with Crippen molar-refractivity contribution in [1.29, 1.82) is 0 Å². The number of amides is 3. The Morgan fingerprint density at radius 3 is 2.00 bits per heavy atom. The van der Waals surface area contributed by atoms with Crippen molar-refractivity contribution >= 4 is 23.4 Å². The first-order valence-electron chi connectivity index (χ1n) is 7.94. The molecular formula is C19H18N2O3. The molecule has 1 aliphatic heterocycles. The Hall–Kier alpha value is -2.95. The quantitative estimate of drug-likeness (QED) is 0.795. The molecule has 1 aliphatic rings. The van der Waals surface area contributed by atoms with E-state index in [1.54, 1.807) is 36.1 Å². The summed E-state index contributed by atoms with van der Waals surface area (Å²) in [5, 5.41) is 0. The van der Waals surface area contributed by atoms with Gasteiger partial charge in [-0.2, -0.15) is 0 Å². The number of benzene rings is 2. The van der Waals surface area contributed by atoms with E-state index in [2.05, 4.69) is 0 Å². The minimum atomic E-state index is -0.299. The zero-order chi connectivity index (χ0) is 17.1.